The molecule has 166 valence electrons. The van der Waals surface area contributed by atoms with Gasteiger partial charge in [0.15, 0.2) is 13.2 Å². The van der Waals surface area contributed by atoms with E-state index in [0.717, 1.165) is 40.2 Å². The van der Waals surface area contributed by atoms with E-state index in [1.165, 1.54) is 0 Å². The highest BCUT2D eigenvalue weighted by atomic mass is 16.5. The van der Waals surface area contributed by atoms with Crippen LogP contribution in [0.1, 0.15) is 28.7 Å². The number of hydrogen-bond acceptors (Lipinski definition) is 4. The molecule has 0 spiro atoms. The number of amides is 2. The number of aryl methyl sites for hydroxylation is 2. The third-order valence-corrected chi connectivity index (χ3v) is 6.01. The van der Waals surface area contributed by atoms with E-state index in [2.05, 4.69) is 0 Å². The second-order valence-electron chi connectivity index (χ2n) is 8.09. The molecule has 2 aromatic carbocycles. The average Bonchev–Trinajstić information content (AvgIpc) is 3.02. The Morgan fingerprint density at radius 1 is 0.710 bits per heavy atom. The van der Waals surface area contributed by atoms with Crippen molar-refractivity contribution in [3.63, 3.8) is 0 Å². The van der Waals surface area contributed by atoms with Gasteiger partial charge in [0, 0.05) is 26.2 Å². The lowest BCUT2D eigenvalue weighted by molar-refractivity contribution is -0.135. The minimum Gasteiger partial charge on any atom is -0.483 e. The number of benzene rings is 2. The second kappa shape index (κ2) is 10.3. The SMILES string of the molecule is Cc1cccc(OCC(=O)N2CCCN(C(=O)COc3cccc(C)c3C)CC2)c1C. The van der Waals surface area contributed by atoms with Gasteiger partial charge in [0.2, 0.25) is 0 Å². The summed E-state index contributed by atoms with van der Waals surface area (Å²) in [6, 6.07) is 11.7. The van der Waals surface area contributed by atoms with Crippen molar-refractivity contribution in [3.8, 4) is 11.5 Å². The monoisotopic (exact) mass is 424 g/mol. The predicted octanol–water partition coefficient (Wildman–Crippen LogP) is 3.44. The second-order valence-corrected chi connectivity index (χ2v) is 8.09. The van der Waals surface area contributed by atoms with E-state index in [4.69, 9.17) is 9.47 Å². The fraction of sp³-hybridized carbons (Fsp3) is 0.440. The van der Waals surface area contributed by atoms with E-state index in [1.54, 1.807) is 9.80 Å². The van der Waals surface area contributed by atoms with E-state index < -0.39 is 0 Å². The summed E-state index contributed by atoms with van der Waals surface area (Å²) in [4.78, 5) is 28.9. The molecule has 1 aliphatic heterocycles. The number of carbonyl (C=O) groups is 2. The summed E-state index contributed by atoms with van der Waals surface area (Å²) in [7, 11) is 0. The Hall–Kier alpha value is -3.02. The van der Waals surface area contributed by atoms with Crippen molar-refractivity contribution in [2.24, 2.45) is 0 Å². The molecule has 0 atom stereocenters. The summed E-state index contributed by atoms with van der Waals surface area (Å²) in [6.07, 6.45) is 0.741. The van der Waals surface area contributed by atoms with Gasteiger partial charge < -0.3 is 19.3 Å². The van der Waals surface area contributed by atoms with Crippen molar-refractivity contribution in [1.82, 2.24) is 9.80 Å². The highest BCUT2D eigenvalue weighted by Gasteiger charge is 2.23. The van der Waals surface area contributed by atoms with E-state index in [1.807, 2.05) is 64.1 Å². The fourth-order valence-corrected chi connectivity index (χ4v) is 3.64. The molecule has 1 aliphatic rings. The molecule has 0 radical (unpaired) electrons. The highest BCUT2D eigenvalue weighted by Crippen LogP contribution is 2.21. The Morgan fingerprint density at radius 2 is 1.13 bits per heavy atom. The van der Waals surface area contributed by atoms with E-state index >= 15 is 0 Å². The summed E-state index contributed by atoms with van der Waals surface area (Å²) < 4.78 is 11.5. The van der Waals surface area contributed by atoms with Crippen LogP contribution >= 0.6 is 0 Å². The molecule has 0 bridgehead atoms. The Balaban J connectivity index is 1.49. The number of rotatable bonds is 6. The molecular weight excluding hydrogens is 392 g/mol. The smallest absolute Gasteiger partial charge is 0.260 e. The molecule has 1 fully saturated rings. The fourth-order valence-electron chi connectivity index (χ4n) is 3.64. The Labute approximate surface area is 184 Å². The molecule has 0 unspecified atom stereocenters. The van der Waals surface area contributed by atoms with Gasteiger partial charge in [0.25, 0.3) is 11.8 Å². The molecule has 6 nitrogen and oxygen atoms in total. The Bertz CT molecular complexity index is 866. The summed E-state index contributed by atoms with van der Waals surface area (Å²) >= 11 is 0. The number of ether oxygens (including phenoxy) is 2. The summed E-state index contributed by atoms with van der Waals surface area (Å²) in [5.41, 5.74) is 4.37. The van der Waals surface area contributed by atoms with Crippen molar-refractivity contribution in [1.29, 1.82) is 0 Å². The van der Waals surface area contributed by atoms with Crippen molar-refractivity contribution in [2.75, 3.05) is 39.4 Å². The van der Waals surface area contributed by atoms with Gasteiger partial charge in [-0.2, -0.15) is 0 Å². The van der Waals surface area contributed by atoms with E-state index in [9.17, 15) is 9.59 Å². The van der Waals surface area contributed by atoms with Crippen molar-refractivity contribution in [2.45, 2.75) is 34.1 Å². The van der Waals surface area contributed by atoms with Gasteiger partial charge in [0.05, 0.1) is 0 Å². The zero-order valence-electron chi connectivity index (χ0n) is 18.9. The molecule has 3 rings (SSSR count). The number of carbonyl (C=O) groups excluding carboxylic acids is 2. The average molecular weight is 425 g/mol. The maximum absolute atomic E-state index is 12.6. The highest BCUT2D eigenvalue weighted by molar-refractivity contribution is 5.79. The Morgan fingerprint density at radius 3 is 1.55 bits per heavy atom. The minimum atomic E-state index is -0.0539. The van der Waals surface area contributed by atoms with Gasteiger partial charge in [-0.1, -0.05) is 24.3 Å². The van der Waals surface area contributed by atoms with Gasteiger partial charge in [-0.25, -0.2) is 0 Å². The van der Waals surface area contributed by atoms with Crippen molar-refractivity contribution < 1.29 is 19.1 Å². The van der Waals surface area contributed by atoms with E-state index in [0.29, 0.717) is 26.2 Å². The number of hydrogen-bond donors (Lipinski definition) is 0. The van der Waals surface area contributed by atoms with Gasteiger partial charge >= 0.3 is 0 Å². The zero-order chi connectivity index (χ0) is 22.4. The Kier molecular flexibility index (Phi) is 7.55. The first-order chi connectivity index (χ1) is 14.9. The third-order valence-electron chi connectivity index (χ3n) is 6.01. The molecule has 6 heteroatoms. The normalized spacial score (nSPS) is 14.2. The predicted molar refractivity (Wildman–Crippen MR) is 121 cm³/mol. The largest absolute Gasteiger partial charge is 0.483 e. The minimum absolute atomic E-state index is 0.00792. The lowest BCUT2D eigenvalue weighted by atomic mass is 10.1. The van der Waals surface area contributed by atoms with Gasteiger partial charge in [-0.05, 0) is 68.5 Å². The molecule has 1 heterocycles. The molecule has 2 aromatic rings. The first-order valence-corrected chi connectivity index (χ1v) is 10.8. The van der Waals surface area contributed by atoms with Crippen molar-refractivity contribution >= 4 is 11.8 Å². The standard InChI is InChI=1S/C25H32N2O4/c1-18-8-5-10-22(20(18)3)30-16-24(28)26-12-7-13-27(15-14-26)25(29)17-31-23-11-6-9-19(2)21(23)4/h5-6,8-11H,7,12-17H2,1-4H3. The van der Waals surface area contributed by atoms with Crippen LogP contribution < -0.4 is 9.47 Å². The van der Waals surface area contributed by atoms with Crippen LogP contribution in [0.15, 0.2) is 36.4 Å². The molecule has 1 saturated heterocycles. The lowest BCUT2D eigenvalue weighted by Gasteiger charge is -2.23. The zero-order valence-corrected chi connectivity index (χ0v) is 18.9. The summed E-state index contributed by atoms with van der Waals surface area (Å²) in [5, 5.41) is 0. The quantitative estimate of drug-likeness (QED) is 0.713. The maximum Gasteiger partial charge on any atom is 0.260 e. The van der Waals surface area contributed by atoms with Crippen molar-refractivity contribution in [3.05, 3.63) is 58.7 Å². The topological polar surface area (TPSA) is 59.1 Å². The van der Waals surface area contributed by atoms with Gasteiger partial charge in [0.1, 0.15) is 11.5 Å². The third kappa shape index (κ3) is 5.78. The number of nitrogens with zero attached hydrogens (tertiary/aromatic N) is 2. The van der Waals surface area contributed by atoms with Crippen LogP contribution in [-0.4, -0.2) is 61.0 Å². The lowest BCUT2D eigenvalue weighted by Crippen LogP contribution is -2.40. The molecule has 0 N–H and O–H groups in total. The first-order valence-electron chi connectivity index (χ1n) is 10.8. The van der Waals surface area contributed by atoms with Crippen LogP contribution in [0.3, 0.4) is 0 Å². The van der Waals surface area contributed by atoms with E-state index in [-0.39, 0.29) is 25.0 Å². The molecule has 0 aliphatic carbocycles. The van der Waals surface area contributed by atoms with Gasteiger partial charge in [-0.15, -0.1) is 0 Å². The van der Waals surface area contributed by atoms with Crippen LogP contribution in [0.25, 0.3) is 0 Å². The van der Waals surface area contributed by atoms with Crippen LogP contribution in [0.2, 0.25) is 0 Å². The maximum atomic E-state index is 12.6. The molecule has 31 heavy (non-hydrogen) atoms. The summed E-state index contributed by atoms with van der Waals surface area (Å²) in [6.45, 7) is 10.3. The molecule has 2 amide bonds. The van der Waals surface area contributed by atoms with Crippen LogP contribution in [0, 0.1) is 27.7 Å². The van der Waals surface area contributed by atoms with Crippen LogP contribution in [0.5, 0.6) is 11.5 Å². The molecule has 0 saturated carbocycles. The van der Waals surface area contributed by atoms with Crippen LogP contribution in [-0.2, 0) is 9.59 Å². The van der Waals surface area contributed by atoms with Gasteiger partial charge in [-0.3, -0.25) is 9.59 Å². The summed E-state index contributed by atoms with van der Waals surface area (Å²) in [5.74, 6) is 1.37. The first kappa shape index (κ1) is 22.7. The molecular formula is C25H32N2O4. The molecule has 0 aromatic heterocycles. The van der Waals surface area contributed by atoms with Crippen LogP contribution in [0.4, 0.5) is 0 Å².